The number of aromatic nitrogens is 1. The van der Waals surface area contributed by atoms with E-state index >= 15 is 0 Å². The summed E-state index contributed by atoms with van der Waals surface area (Å²) in [6.45, 7) is 0. The number of hydrogen-bond donors (Lipinski definition) is 0. The van der Waals surface area contributed by atoms with E-state index in [4.69, 9.17) is 4.74 Å². The van der Waals surface area contributed by atoms with Crippen molar-refractivity contribution in [2.45, 2.75) is 10.8 Å². The normalized spacial score (nSPS) is 11.8. The van der Waals surface area contributed by atoms with Crippen LogP contribution in [0.1, 0.15) is 0 Å². The molecule has 15 heavy (non-hydrogen) atoms. The van der Waals surface area contributed by atoms with Gasteiger partial charge < -0.3 is 4.74 Å². The molecule has 0 saturated heterocycles. The van der Waals surface area contributed by atoms with Crippen LogP contribution in [0.25, 0.3) is 0 Å². The molecule has 0 amide bonds. The second-order valence-corrected chi connectivity index (χ2v) is 5.17. The van der Waals surface area contributed by atoms with Crippen LogP contribution >= 0.6 is 15.9 Å². The number of sulfone groups is 1. The van der Waals surface area contributed by atoms with E-state index in [2.05, 4.69) is 20.9 Å². The summed E-state index contributed by atoms with van der Waals surface area (Å²) in [5, 5.41) is -0.711. The molecular formula is C7H6BrF2NO3S. The van der Waals surface area contributed by atoms with Gasteiger partial charge >= 0.3 is 5.76 Å². The lowest BCUT2D eigenvalue weighted by molar-refractivity contribution is 0.234. The van der Waals surface area contributed by atoms with Crippen LogP contribution in [0.15, 0.2) is 21.6 Å². The van der Waals surface area contributed by atoms with E-state index in [9.17, 15) is 17.2 Å². The molecule has 0 radical (unpaired) electrons. The van der Waals surface area contributed by atoms with Gasteiger partial charge in [-0.25, -0.2) is 13.4 Å². The Bertz CT molecular complexity index is 463. The van der Waals surface area contributed by atoms with Crippen molar-refractivity contribution in [1.82, 2.24) is 4.98 Å². The zero-order valence-corrected chi connectivity index (χ0v) is 9.85. The summed E-state index contributed by atoms with van der Waals surface area (Å²) in [5.74, 6) is -3.55. The quantitative estimate of drug-likeness (QED) is 0.855. The molecule has 0 spiro atoms. The van der Waals surface area contributed by atoms with Crippen molar-refractivity contribution in [3.63, 3.8) is 0 Å². The van der Waals surface area contributed by atoms with Gasteiger partial charge in [0.25, 0.3) is 9.84 Å². The molecule has 0 atom stereocenters. The van der Waals surface area contributed by atoms with E-state index in [0.29, 0.717) is 4.47 Å². The number of hydrogen-bond acceptors (Lipinski definition) is 4. The van der Waals surface area contributed by atoms with Gasteiger partial charge in [0.05, 0.1) is 11.6 Å². The molecule has 0 aromatic carbocycles. The van der Waals surface area contributed by atoms with Crippen molar-refractivity contribution < 1.29 is 21.9 Å². The van der Waals surface area contributed by atoms with Gasteiger partial charge in [-0.3, -0.25) is 0 Å². The number of nitrogens with zero attached hydrogens (tertiary/aromatic N) is 1. The predicted molar refractivity (Wildman–Crippen MR) is 51.7 cm³/mol. The topological polar surface area (TPSA) is 56.3 Å². The molecule has 84 valence electrons. The molecule has 0 aliphatic carbocycles. The first-order valence-electron chi connectivity index (χ1n) is 3.62. The summed E-state index contributed by atoms with van der Waals surface area (Å²) in [5.41, 5.74) is 0. The van der Waals surface area contributed by atoms with Gasteiger partial charge in [-0.1, -0.05) is 0 Å². The second kappa shape index (κ2) is 4.40. The fourth-order valence-corrected chi connectivity index (χ4v) is 1.83. The largest absolute Gasteiger partial charge is 0.480 e. The molecule has 0 bridgehead atoms. The molecule has 1 aromatic rings. The zero-order chi connectivity index (χ0) is 11.6. The third-order valence-corrected chi connectivity index (χ3v) is 3.39. The standard InChI is InChI=1S/C7H6BrF2NO3S/c1-14-6-4(8)2-3-5(11-6)15(12,13)7(9)10/h2-3,7H,1H3. The Kier molecular flexibility index (Phi) is 3.61. The zero-order valence-electron chi connectivity index (χ0n) is 7.45. The number of rotatable bonds is 3. The molecular weight excluding hydrogens is 296 g/mol. The third kappa shape index (κ3) is 2.43. The summed E-state index contributed by atoms with van der Waals surface area (Å²) in [6, 6.07) is 2.26. The van der Waals surface area contributed by atoms with Crippen molar-refractivity contribution in [2.24, 2.45) is 0 Å². The third-order valence-electron chi connectivity index (χ3n) is 1.51. The van der Waals surface area contributed by atoms with Gasteiger partial charge in [-0.2, -0.15) is 8.78 Å². The van der Waals surface area contributed by atoms with Gasteiger partial charge in [0, 0.05) is 0 Å². The van der Waals surface area contributed by atoms with E-state index in [1.807, 2.05) is 0 Å². The van der Waals surface area contributed by atoms with Crippen LogP contribution in [0.2, 0.25) is 0 Å². The highest BCUT2D eigenvalue weighted by molar-refractivity contribution is 9.10. The maximum Gasteiger partial charge on any atom is 0.342 e. The average Bonchev–Trinajstić information content (AvgIpc) is 2.18. The van der Waals surface area contributed by atoms with Crippen molar-refractivity contribution in [2.75, 3.05) is 7.11 Å². The SMILES string of the molecule is COc1nc(S(=O)(=O)C(F)F)ccc1Br. The summed E-state index contributed by atoms with van der Waals surface area (Å²) in [7, 11) is -3.42. The summed E-state index contributed by atoms with van der Waals surface area (Å²) >= 11 is 3.02. The molecule has 4 nitrogen and oxygen atoms in total. The number of ether oxygens (including phenoxy) is 1. The van der Waals surface area contributed by atoms with Gasteiger partial charge in [0.15, 0.2) is 5.03 Å². The summed E-state index contributed by atoms with van der Waals surface area (Å²) in [6.07, 6.45) is 0. The van der Waals surface area contributed by atoms with E-state index in [1.54, 1.807) is 0 Å². The van der Waals surface area contributed by atoms with Crippen LogP contribution in [-0.2, 0) is 9.84 Å². The van der Waals surface area contributed by atoms with Crippen LogP contribution in [0.3, 0.4) is 0 Å². The highest BCUT2D eigenvalue weighted by Gasteiger charge is 2.28. The van der Waals surface area contributed by atoms with Gasteiger partial charge in [-0.05, 0) is 28.1 Å². The second-order valence-electron chi connectivity index (χ2n) is 2.45. The fourth-order valence-electron chi connectivity index (χ4n) is 0.799. The minimum absolute atomic E-state index is 0.0586. The minimum Gasteiger partial charge on any atom is -0.480 e. The predicted octanol–water partition coefficient (Wildman–Crippen LogP) is 1.85. The lowest BCUT2D eigenvalue weighted by atomic mass is 10.5. The molecule has 0 N–H and O–H groups in total. The summed E-state index contributed by atoms with van der Waals surface area (Å²) < 4.78 is 51.4. The number of pyridine rings is 1. The minimum atomic E-state index is -4.67. The monoisotopic (exact) mass is 301 g/mol. The van der Waals surface area contributed by atoms with Crippen LogP contribution < -0.4 is 4.74 Å². The Balaban J connectivity index is 3.29. The first-order valence-corrected chi connectivity index (χ1v) is 5.96. The molecule has 1 heterocycles. The molecule has 1 rings (SSSR count). The lowest BCUT2D eigenvalue weighted by Crippen LogP contribution is -2.13. The molecule has 0 fully saturated rings. The van der Waals surface area contributed by atoms with Crippen molar-refractivity contribution in [1.29, 1.82) is 0 Å². The van der Waals surface area contributed by atoms with Crippen molar-refractivity contribution >= 4 is 25.8 Å². The van der Waals surface area contributed by atoms with Gasteiger partial charge in [0.1, 0.15) is 0 Å². The highest BCUT2D eigenvalue weighted by atomic mass is 79.9. The van der Waals surface area contributed by atoms with Crippen LogP contribution in [0.5, 0.6) is 5.88 Å². The van der Waals surface area contributed by atoms with Crippen molar-refractivity contribution in [3.05, 3.63) is 16.6 Å². The number of alkyl halides is 2. The van der Waals surface area contributed by atoms with E-state index < -0.39 is 20.6 Å². The first kappa shape index (κ1) is 12.3. The Morgan fingerprint density at radius 2 is 2.07 bits per heavy atom. The Labute approximate surface area is 93.3 Å². The first-order chi connectivity index (χ1) is 6.89. The Morgan fingerprint density at radius 1 is 1.47 bits per heavy atom. The lowest BCUT2D eigenvalue weighted by Gasteiger charge is -2.05. The molecule has 0 unspecified atom stereocenters. The summed E-state index contributed by atoms with van der Waals surface area (Å²) in [4.78, 5) is 3.45. The fraction of sp³-hybridized carbons (Fsp3) is 0.286. The van der Waals surface area contributed by atoms with Crippen LogP contribution in [0, 0.1) is 0 Å². The smallest absolute Gasteiger partial charge is 0.342 e. The van der Waals surface area contributed by atoms with E-state index in [-0.39, 0.29) is 5.88 Å². The molecule has 8 heteroatoms. The van der Waals surface area contributed by atoms with Crippen molar-refractivity contribution in [3.8, 4) is 5.88 Å². The number of methoxy groups -OCH3 is 1. The Hall–Kier alpha value is -0.760. The molecule has 1 aromatic heterocycles. The van der Waals surface area contributed by atoms with E-state index in [0.717, 1.165) is 6.07 Å². The van der Waals surface area contributed by atoms with E-state index in [1.165, 1.54) is 13.2 Å². The van der Waals surface area contributed by atoms with Crippen LogP contribution in [-0.4, -0.2) is 26.3 Å². The number of halogens is 3. The highest BCUT2D eigenvalue weighted by Crippen LogP contribution is 2.25. The maximum atomic E-state index is 12.2. The van der Waals surface area contributed by atoms with Crippen LogP contribution in [0.4, 0.5) is 8.78 Å². The molecule has 0 aliphatic heterocycles. The maximum absolute atomic E-state index is 12.2. The average molecular weight is 302 g/mol. The molecule has 0 aliphatic rings. The Morgan fingerprint density at radius 3 is 2.53 bits per heavy atom. The van der Waals surface area contributed by atoms with Gasteiger partial charge in [-0.15, -0.1) is 0 Å². The molecule has 0 saturated carbocycles. The van der Waals surface area contributed by atoms with Gasteiger partial charge in [0.2, 0.25) is 5.88 Å².